The van der Waals surface area contributed by atoms with E-state index < -0.39 is 29.2 Å². The topological polar surface area (TPSA) is 108 Å². The van der Waals surface area contributed by atoms with Gasteiger partial charge in [-0.25, -0.2) is 4.39 Å². The van der Waals surface area contributed by atoms with Gasteiger partial charge in [-0.15, -0.1) is 0 Å². The van der Waals surface area contributed by atoms with E-state index in [0.717, 1.165) is 24.0 Å². The molecule has 2 bridgehead atoms. The number of hydrogen-bond acceptors (Lipinski definition) is 5. The zero-order valence-electron chi connectivity index (χ0n) is 26.6. The second-order valence-electron chi connectivity index (χ2n) is 13.0. The van der Waals surface area contributed by atoms with E-state index in [1.165, 1.54) is 11.0 Å². The second kappa shape index (κ2) is 14.0. The van der Waals surface area contributed by atoms with Crippen molar-refractivity contribution in [3.8, 4) is 5.75 Å². The third-order valence-corrected chi connectivity index (χ3v) is 9.72. The van der Waals surface area contributed by atoms with Crippen LogP contribution in [0.15, 0.2) is 42.5 Å². The van der Waals surface area contributed by atoms with Crippen molar-refractivity contribution in [2.75, 3.05) is 33.3 Å². The van der Waals surface area contributed by atoms with Crippen molar-refractivity contribution >= 4 is 23.6 Å². The predicted molar refractivity (Wildman–Crippen MR) is 168 cm³/mol. The minimum Gasteiger partial charge on any atom is -0.497 e. The average molecular weight is 621 g/mol. The molecule has 0 radical (unpaired) electrons. The van der Waals surface area contributed by atoms with Crippen LogP contribution in [0.3, 0.4) is 0 Å². The minimum atomic E-state index is -0.778. The number of aryl methyl sites for hydroxylation is 1. The van der Waals surface area contributed by atoms with E-state index in [-0.39, 0.29) is 42.3 Å². The van der Waals surface area contributed by atoms with Crippen LogP contribution in [0.1, 0.15) is 80.3 Å². The number of benzene rings is 2. The van der Waals surface area contributed by atoms with Crippen molar-refractivity contribution in [3.63, 3.8) is 0 Å². The zero-order chi connectivity index (χ0) is 32.1. The third kappa shape index (κ3) is 6.99. The van der Waals surface area contributed by atoms with Crippen LogP contribution in [0.2, 0.25) is 0 Å². The van der Waals surface area contributed by atoms with Gasteiger partial charge in [0.1, 0.15) is 17.6 Å². The van der Waals surface area contributed by atoms with Crippen molar-refractivity contribution in [3.05, 3.63) is 65.0 Å². The van der Waals surface area contributed by atoms with Gasteiger partial charge < -0.3 is 25.2 Å². The molecular formula is C35H45FN4O5. The molecule has 3 aliphatic rings. The molecule has 2 aliphatic heterocycles. The van der Waals surface area contributed by atoms with Gasteiger partial charge >= 0.3 is 0 Å². The van der Waals surface area contributed by atoms with Crippen LogP contribution in [0.25, 0.3) is 0 Å². The first-order valence-corrected chi connectivity index (χ1v) is 16.2. The lowest BCUT2D eigenvalue weighted by Gasteiger charge is -2.38. The molecule has 0 unspecified atom stereocenters. The van der Waals surface area contributed by atoms with Crippen molar-refractivity contribution in [1.29, 1.82) is 0 Å². The Labute approximate surface area is 264 Å². The van der Waals surface area contributed by atoms with Gasteiger partial charge in [0.2, 0.25) is 17.7 Å². The number of methoxy groups -OCH3 is 1. The quantitative estimate of drug-likeness (QED) is 0.538. The summed E-state index contributed by atoms with van der Waals surface area (Å²) < 4.78 is 20.2. The minimum absolute atomic E-state index is 0.0434. The highest BCUT2D eigenvalue weighted by molar-refractivity contribution is 5.98. The first-order chi connectivity index (χ1) is 21.6. The number of carbonyl (C=O) groups excluding carboxylic acids is 4. The van der Waals surface area contributed by atoms with Crippen molar-refractivity contribution in [1.82, 2.24) is 20.4 Å². The van der Waals surface area contributed by atoms with Crippen molar-refractivity contribution in [2.45, 2.75) is 82.7 Å². The molecule has 2 fully saturated rings. The Morgan fingerprint density at radius 2 is 1.76 bits per heavy atom. The number of fused-ring (bicyclic) bond motifs is 3. The summed E-state index contributed by atoms with van der Waals surface area (Å²) in [6.07, 6.45) is 5.34. The number of carbonyl (C=O) groups is 4. The molecule has 4 amide bonds. The number of rotatable bonds is 4. The Balaban J connectivity index is 1.47. The summed E-state index contributed by atoms with van der Waals surface area (Å²) in [5.74, 6) is -1.21. The van der Waals surface area contributed by atoms with Gasteiger partial charge in [-0.2, -0.15) is 0 Å². The summed E-state index contributed by atoms with van der Waals surface area (Å²) in [6, 6.07) is 10.9. The molecule has 2 aromatic carbocycles. The van der Waals surface area contributed by atoms with E-state index in [9.17, 15) is 23.6 Å². The average Bonchev–Trinajstić information content (AvgIpc) is 3.73. The summed E-state index contributed by atoms with van der Waals surface area (Å²) in [5, 5.41) is 6.06. The Kier molecular flexibility index (Phi) is 10.1. The van der Waals surface area contributed by atoms with E-state index >= 15 is 0 Å². The molecule has 242 valence electrons. The Hall–Kier alpha value is -3.95. The van der Waals surface area contributed by atoms with Gasteiger partial charge in [0.25, 0.3) is 5.91 Å². The van der Waals surface area contributed by atoms with E-state index in [0.29, 0.717) is 57.4 Å². The molecule has 0 spiro atoms. The number of halogens is 1. The Morgan fingerprint density at radius 1 is 1.02 bits per heavy atom. The predicted octanol–water partition coefficient (Wildman–Crippen LogP) is 3.98. The Bertz CT molecular complexity index is 1410. The molecule has 1 saturated carbocycles. The first-order valence-electron chi connectivity index (χ1n) is 16.2. The lowest BCUT2D eigenvalue weighted by atomic mass is 9.77. The highest BCUT2D eigenvalue weighted by Crippen LogP contribution is 2.43. The molecule has 1 saturated heterocycles. The molecular weight excluding hydrogens is 575 g/mol. The number of ether oxygens (including phenoxy) is 1. The highest BCUT2D eigenvalue weighted by atomic mass is 19.1. The standard InChI is InChI=1S/C35H45FN4O5/c1-23(2)29-21-39(34(44)35(16-4-5-17-35)25-11-13-26(45-3)14-12-25)22-31(41)37-18-6-8-24-10-15-28(36)27(20-24)33(43)40-19-7-9-30(40)32(42)38-29/h10-15,20,23,29-30H,4-9,16-19,21-22H2,1-3H3,(H,37,41)(H,38,42)/t29-,30-/m0/s1. The maximum Gasteiger partial charge on any atom is 0.257 e. The molecule has 2 aromatic rings. The van der Waals surface area contributed by atoms with Crippen LogP contribution in [-0.4, -0.2) is 78.8 Å². The van der Waals surface area contributed by atoms with E-state index in [1.54, 1.807) is 24.1 Å². The summed E-state index contributed by atoms with van der Waals surface area (Å²) in [6.45, 7) is 4.66. The lowest BCUT2D eigenvalue weighted by molar-refractivity contribution is -0.142. The molecule has 0 aromatic heterocycles. The number of nitrogens with one attached hydrogen (secondary N) is 2. The zero-order valence-corrected chi connectivity index (χ0v) is 26.6. The van der Waals surface area contributed by atoms with E-state index in [4.69, 9.17) is 4.74 Å². The normalized spacial score (nSPS) is 22.9. The summed E-state index contributed by atoms with van der Waals surface area (Å²) in [5.41, 5.74) is 0.851. The molecule has 2 N–H and O–H groups in total. The molecule has 2 atom stereocenters. The monoisotopic (exact) mass is 620 g/mol. The molecule has 9 nitrogen and oxygen atoms in total. The van der Waals surface area contributed by atoms with E-state index in [1.807, 2.05) is 38.1 Å². The highest BCUT2D eigenvalue weighted by Gasteiger charge is 2.46. The van der Waals surface area contributed by atoms with Crippen LogP contribution in [0.4, 0.5) is 4.39 Å². The van der Waals surface area contributed by atoms with Crippen LogP contribution < -0.4 is 15.4 Å². The van der Waals surface area contributed by atoms with Gasteiger partial charge in [-0.1, -0.05) is 44.9 Å². The van der Waals surface area contributed by atoms with Crippen molar-refractivity contribution in [2.24, 2.45) is 5.92 Å². The fourth-order valence-corrected chi connectivity index (χ4v) is 7.05. The maximum atomic E-state index is 14.9. The fraction of sp³-hybridized carbons (Fsp3) is 0.543. The Morgan fingerprint density at radius 3 is 2.44 bits per heavy atom. The second-order valence-corrected chi connectivity index (χ2v) is 13.0. The van der Waals surface area contributed by atoms with Gasteiger partial charge in [0.05, 0.1) is 24.6 Å². The van der Waals surface area contributed by atoms with Gasteiger partial charge in [-0.3, -0.25) is 19.2 Å². The van der Waals surface area contributed by atoms with Gasteiger partial charge in [0.15, 0.2) is 0 Å². The summed E-state index contributed by atoms with van der Waals surface area (Å²) in [7, 11) is 1.60. The summed E-state index contributed by atoms with van der Waals surface area (Å²) >= 11 is 0. The third-order valence-electron chi connectivity index (χ3n) is 9.72. The molecule has 1 aliphatic carbocycles. The smallest absolute Gasteiger partial charge is 0.257 e. The molecule has 2 heterocycles. The SMILES string of the molecule is COc1ccc(C2(C(=O)N3CC(=O)NCCCc4ccc(F)c(c4)C(=O)N4CCC[C@H]4C(=O)N[C@H](C(C)C)C3)CCCC2)cc1. The largest absolute Gasteiger partial charge is 0.497 e. The van der Waals surface area contributed by atoms with Crippen LogP contribution in [0.5, 0.6) is 5.75 Å². The van der Waals surface area contributed by atoms with Crippen LogP contribution >= 0.6 is 0 Å². The first kappa shape index (κ1) is 32.4. The van der Waals surface area contributed by atoms with Crippen molar-refractivity contribution < 1.29 is 28.3 Å². The molecule has 45 heavy (non-hydrogen) atoms. The van der Waals surface area contributed by atoms with Crippen LogP contribution in [0, 0.1) is 11.7 Å². The van der Waals surface area contributed by atoms with E-state index in [2.05, 4.69) is 10.6 Å². The maximum absolute atomic E-state index is 14.9. The molecule has 10 heteroatoms. The fourth-order valence-electron chi connectivity index (χ4n) is 7.05. The van der Waals surface area contributed by atoms with Gasteiger partial charge in [-0.05, 0) is 79.8 Å². The van der Waals surface area contributed by atoms with Gasteiger partial charge in [0, 0.05) is 25.7 Å². The number of hydrogen-bond donors (Lipinski definition) is 2. The lowest BCUT2D eigenvalue weighted by Crippen LogP contribution is -2.57. The summed E-state index contributed by atoms with van der Waals surface area (Å²) in [4.78, 5) is 58.4. The van der Waals surface area contributed by atoms with Crippen LogP contribution in [-0.2, 0) is 26.2 Å². The number of nitrogens with zero attached hydrogens (tertiary/aromatic N) is 2. The molecule has 5 rings (SSSR count). The number of amides is 4.